The van der Waals surface area contributed by atoms with E-state index in [0.29, 0.717) is 12.5 Å². The third kappa shape index (κ3) is 4.68. The van der Waals surface area contributed by atoms with Gasteiger partial charge in [-0.15, -0.1) is 0 Å². The summed E-state index contributed by atoms with van der Waals surface area (Å²) in [6.07, 6.45) is 8.34. The summed E-state index contributed by atoms with van der Waals surface area (Å²) in [6, 6.07) is 0. The number of hydrogen-bond donors (Lipinski definition) is 1. The second-order valence-corrected chi connectivity index (χ2v) is 6.41. The van der Waals surface area contributed by atoms with E-state index < -0.39 is 6.09 Å². The second kappa shape index (κ2) is 7.13. The Morgan fingerprint density at radius 2 is 1.68 bits per heavy atom. The van der Waals surface area contributed by atoms with Crippen molar-refractivity contribution in [2.45, 2.75) is 44.9 Å². The van der Waals surface area contributed by atoms with Crippen molar-refractivity contribution in [3.63, 3.8) is 0 Å². The van der Waals surface area contributed by atoms with Crippen LogP contribution in [0, 0.1) is 11.8 Å². The summed E-state index contributed by atoms with van der Waals surface area (Å²) < 4.78 is 0. The van der Waals surface area contributed by atoms with Gasteiger partial charge in [0.25, 0.3) is 0 Å². The molecular formula is C15H28N2O2. The molecule has 1 saturated heterocycles. The summed E-state index contributed by atoms with van der Waals surface area (Å²) in [5, 5.41) is 8.90. The molecule has 4 heteroatoms. The number of carboxylic acid groups (broad SMARTS) is 1. The Kier molecular flexibility index (Phi) is 5.49. The Balaban J connectivity index is 1.65. The van der Waals surface area contributed by atoms with Crippen molar-refractivity contribution in [3.05, 3.63) is 0 Å². The van der Waals surface area contributed by atoms with Crippen molar-refractivity contribution in [2.24, 2.45) is 11.8 Å². The van der Waals surface area contributed by atoms with Gasteiger partial charge in [-0.25, -0.2) is 4.79 Å². The van der Waals surface area contributed by atoms with Crippen LogP contribution in [0.5, 0.6) is 0 Å². The zero-order valence-corrected chi connectivity index (χ0v) is 12.2. The molecule has 2 aliphatic rings. The Labute approximate surface area is 116 Å². The van der Waals surface area contributed by atoms with Gasteiger partial charge in [-0.3, -0.25) is 0 Å². The fourth-order valence-electron chi connectivity index (χ4n) is 3.57. The molecule has 1 aliphatic heterocycles. The van der Waals surface area contributed by atoms with E-state index in [0.717, 1.165) is 5.92 Å². The molecule has 1 N–H and O–H groups in total. The fourth-order valence-corrected chi connectivity index (χ4v) is 3.57. The quantitative estimate of drug-likeness (QED) is 0.852. The third-order valence-corrected chi connectivity index (χ3v) is 4.79. The average Bonchev–Trinajstić information content (AvgIpc) is 2.42. The van der Waals surface area contributed by atoms with E-state index in [1.165, 1.54) is 69.5 Å². The van der Waals surface area contributed by atoms with Crippen molar-refractivity contribution in [2.75, 3.05) is 33.2 Å². The third-order valence-electron chi connectivity index (χ3n) is 4.79. The molecule has 0 aromatic carbocycles. The maximum Gasteiger partial charge on any atom is 0.407 e. The zero-order valence-electron chi connectivity index (χ0n) is 12.2. The minimum absolute atomic E-state index is 0.582. The average molecular weight is 268 g/mol. The smallest absolute Gasteiger partial charge is 0.407 e. The molecular weight excluding hydrogens is 240 g/mol. The molecule has 0 bridgehead atoms. The highest BCUT2D eigenvalue weighted by Gasteiger charge is 2.25. The molecule has 1 heterocycles. The van der Waals surface area contributed by atoms with Gasteiger partial charge in [-0.1, -0.05) is 6.42 Å². The van der Waals surface area contributed by atoms with Gasteiger partial charge in [0.1, 0.15) is 0 Å². The van der Waals surface area contributed by atoms with E-state index in [9.17, 15) is 4.79 Å². The molecule has 2 rings (SSSR count). The first-order chi connectivity index (χ1) is 9.15. The number of hydrogen-bond acceptors (Lipinski definition) is 2. The number of likely N-dealkylation sites (tertiary alicyclic amines) is 1. The lowest BCUT2D eigenvalue weighted by molar-refractivity contribution is 0.128. The van der Waals surface area contributed by atoms with E-state index >= 15 is 0 Å². The van der Waals surface area contributed by atoms with E-state index in [-0.39, 0.29) is 0 Å². The van der Waals surface area contributed by atoms with Gasteiger partial charge < -0.3 is 14.9 Å². The number of amides is 1. The lowest BCUT2D eigenvalue weighted by Gasteiger charge is -2.35. The lowest BCUT2D eigenvalue weighted by atomic mass is 9.81. The van der Waals surface area contributed by atoms with Crippen molar-refractivity contribution in [3.8, 4) is 0 Å². The molecule has 4 nitrogen and oxygen atoms in total. The van der Waals surface area contributed by atoms with Crippen LogP contribution in [0.4, 0.5) is 4.79 Å². The largest absolute Gasteiger partial charge is 0.465 e. The van der Waals surface area contributed by atoms with Crippen molar-refractivity contribution in [1.29, 1.82) is 0 Å². The Bertz CT molecular complexity index is 282. The van der Waals surface area contributed by atoms with E-state index in [4.69, 9.17) is 5.11 Å². The van der Waals surface area contributed by atoms with Crippen molar-refractivity contribution in [1.82, 2.24) is 9.80 Å². The minimum atomic E-state index is -0.796. The standard InChI is InChI=1S/C15H28N2O2/c1-16(15(18)19)11-13-5-7-14(8-6-13)12-17-9-3-2-4-10-17/h13-14H,2-12H2,1H3,(H,18,19). The monoisotopic (exact) mass is 268 g/mol. The normalized spacial score (nSPS) is 29.1. The van der Waals surface area contributed by atoms with Gasteiger partial charge in [-0.05, 0) is 63.5 Å². The van der Waals surface area contributed by atoms with Gasteiger partial charge in [0.15, 0.2) is 0 Å². The molecule has 1 aliphatic carbocycles. The molecule has 110 valence electrons. The summed E-state index contributed by atoms with van der Waals surface area (Å²) in [5.41, 5.74) is 0. The summed E-state index contributed by atoms with van der Waals surface area (Å²) in [5.74, 6) is 1.43. The molecule has 0 spiro atoms. The van der Waals surface area contributed by atoms with Crippen LogP contribution in [0.3, 0.4) is 0 Å². The van der Waals surface area contributed by atoms with Crippen LogP contribution >= 0.6 is 0 Å². The second-order valence-electron chi connectivity index (χ2n) is 6.41. The van der Waals surface area contributed by atoms with Crippen molar-refractivity contribution >= 4 is 6.09 Å². The Morgan fingerprint density at radius 3 is 2.26 bits per heavy atom. The first-order valence-electron chi connectivity index (χ1n) is 7.81. The Morgan fingerprint density at radius 1 is 1.11 bits per heavy atom. The maximum atomic E-state index is 10.8. The SMILES string of the molecule is CN(CC1CCC(CN2CCCCC2)CC1)C(=O)O. The molecule has 1 saturated carbocycles. The summed E-state index contributed by atoms with van der Waals surface area (Å²) in [7, 11) is 1.68. The molecule has 0 atom stereocenters. The predicted octanol–water partition coefficient (Wildman–Crippen LogP) is 2.89. The first kappa shape index (κ1) is 14.6. The van der Waals surface area contributed by atoms with Crippen molar-refractivity contribution < 1.29 is 9.90 Å². The number of carbonyl (C=O) groups is 1. The molecule has 0 unspecified atom stereocenters. The van der Waals surface area contributed by atoms with E-state index in [2.05, 4.69) is 4.90 Å². The summed E-state index contributed by atoms with van der Waals surface area (Å²) in [4.78, 5) is 14.9. The summed E-state index contributed by atoms with van der Waals surface area (Å²) in [6.45, 7) is 4.58. The lowest BCUT2D eigenvalue weighted by Crippen LogP contribution is -2.37. The topological polar surface area (TPSA) is 43.8 Å². The van der Waals surface area contributed by atoms with Crippen LogP contribution in [0.15, 0.2) is 0 Å². The minimum Gasteiger partial charge on any atom is -0.465 e. The first-order valence-corrected chi connectivity index (χ1v) is 7.81. The molecule has 0 aromatic rings. The van der Waals surface area contributed by atoms with Gasteiger partial charge in [0, 0.05) is 20.1 Å². The molecule has 0 aromatic heterocycles. The molecule has 2 fully saturated rings. The number of rotatable bonds is 4. The van der Waals surface area contributed by atoms with E-state index in [1.54, 1.807) is 7.05 Å². The van der Waals surface area contributed by atoms with Crippen LogP contribution in [0.2, 0.25) is 0 Å². The predicted molar refractivity (Wildman–Crippen MR) is 76.4 cm³/mol. The van der Waals surface area contributed by atoms with Gasteiger partial charge in [0.2, 0.25) is 0 Å². The highest BCUT2D eigenvalue weighted by Crippen LogP contribution is 2.30. The highest BCUT2D eigenvalue weighted by atomic mass is 16.4. The molecule has 19 heavy (non-hydrogen) atoms. The van der Waals surface area contributed by atoms with Gasteiger partial charge in [0.05, 0.1) is 0 Å². The van der Waals surface area contributed by atoms with Gasteiger partial charge >= 0.3 is 6.09 Å². The van der Waals surface area contributed by atoms with E-state index in [1.807, 2.05) is 0 Å². The van der Waals surface area contributed by atoms with Crippen LogP contribution in [-0.4, -0.2) is 54.2 Å². The van der Waals surface area contributed by atoms with Gasteiger partial charge in [-0.2, -0.15) is 0 Å². The Hall–Kier alpha value is -0.770. The number of nitrogens with zero attached hydrogens (tertiary/aromatic N) is 2. The van der Waals surface area contributed by atoms with Crippen LogP contribution in [0.1, 0.15) is 44.9 Å². The fraction of sp³-hybridized carbons (Fsp3) is 0.933. The highest BCUT2D eigenvalue weighted by molar-refractivity contribution is 5.64. The summed E-state index contributed by atoms with van der Waals surface area (Å²) >= 11 is 0. The molecule has 1 amide bonds. The number of piperidine rings is 1. The van der Waals surface area contributed by atoms with Crippen LogP contribution in [-0.2, 0) is 0 Å². The maximum absolute atomic E-state index is 10.8. The molecule has 0 radical (unpaired) electrons. The van der Waals surface area contributed by atoms with Crippen LogP contribution in [0.25, 0.3) is 0 Å². The zero-order chi connectivity index (χ0) is 13.7. The van der Waals surface area contributed by atoms with Crippen LogP contribution < -0.4 is 0 Å².